The van der Waals surface area contributed by atoms with Crippen LogP contribution in [0.2, 0.25) is 0 Å². The number of nitrogens with zero attached hydrogens (tertiary/aromatic N) is 1. The number of halogens is 3. The van der Waals surface area contributed by atoms with E-state index in [1.165, 1.54) is 18.2 Å². The van der Waals surface area contributed by atoms with E-state index in [0.29, 0.717) is 11.3 Å². The van der Waals surface area contributed by atoms with Crippen molar-refractivity contribution in [2.75, 3.05) is 0 Å². The molecular weight excluding hydrogens is 307 g/mol. The molecule has 0 radical (unpaired) electrons. The second-order valence-electron chi connectivity index (χ2n) is 4.10. The lowest BCUT2D eigenvalue weighted by Gasteiger charge is -2.10. The number of carboxylic acid groups (broad SMARTS) is 1. The van der Waals surface area contributed by atoms with Crippen LogP contribution in [0, 0.1) is 0 Å². The highest BCUT2D eigenvalue weighted by Gasteiger charge is 2.34. The molecule has 2 rings (SSSR count). The van der Waals surface area contributed by atoms with Crippen molar-refractivity contribution in [3.63, 3.8) is 0 Å². The number of carbonyl (C=O) groups excluding carboxylic acids is 1. The predicted molar refractivity (Wildman–Crippen MR) is 69.5 cm³/mol. The summed E-state index contributed by atoms with van der Waals surface area (Å²) in [6.45, 7) is 1.14. The zero-order chi connectivity index (χ0) is 15.8. The normalized spacial score (nSPS) is 11.4. The first-order valence-electron chi connectivity index (χ1n) is 5.63. The summed E-state index contributed by atoms with van der Waals surface area (Å²) in [7, 11) is 0. The van der Waals surface area contributed by atoms with Crippen LogP contribution in [0.25, 0.3) is 10.6 Å². The van der Waals surface area contributed by atoms with E-state index in [9.17, 15) is 22.8 Å². The molecule has 1 aromatic heterocycles. The number of carboxylic acids is 1. The third-order valence-corrected chi connectivity index (χ3v) is 3.80. The molecule has 0 aliphatic heterocycles. The van der Waals surface area contributed by atoms with Gasteiger partial charge < -0.3 is 5.11 Å². The van der Waals surface area contributed by atoms with Gasteiger partial charge >= 0.3 is 12.1 Å². The fraction of sp³-hybridized carbons (Fsp3) is 0.154. The van der Waals surface area contributed by atoms with E-state index in [4.69, 9.17) is 5.11 Å². The first kappa shape index (κ1) is 15.2. The molecule has 0 aliphatic carbocycles. The molecule has 8 heteroatoms. The summed E-state index contributed by atoms with van der Waals surface area (Å²) in [4.78, 5) is 25.9. The summed E-state index contributed by atoms with van der Waals surface area (Å²) in [5.41, 5.74) is -1.70. The Morgan fingerprint density at radius 1 is 1.24 bits per heavy atom. The number of aromatic nitrogens is 1. The molecule has 0 spiro atoms. The minimum Gasteiger partial charge on any atom is -0.476 e. The minimum absolute atomic E-state index is 0.148. The maximum atomic E-state index is 13.0. The lowest BCUT2D eigenvalue weighted by Crippen LogP contribution is -2.07. The van der Waals surface area contributed by atoms with Crippen LogP contribution in [0.4, 0.5) is 13.2 Å². The Morgan fingerprint density at radius 2 is 1.86 bits per heavy atom. The molecule has 21 heavy (non-hydrogen) atoms. The quantitative estimate of drug-likeness (QED) is 0.876. The van der Waals surface area contributed by atoms with Gasteiger partial charge in [0.05, 0.1) is 5.56 Å². The molecule has 0 saturated carbocycles. The van der Waals surface area contributed by atoms with Crippen molar-refractivity contribution >= 4 is 23.1 Å². The molecule has 0 atom stereocenters. The molecule has 110 valence electrons. The summed E-state index contributed by atoms with van der Waals surface area (Å²) >= 11 is 0.638. The number of aromatic carboxylic acids is 1. The number of hydrogen-bond donors (Lipinski definition) is 1. The topological polar surface area (TPSA) is 67.3 Å². The first-order chi connectivity index (χ1) is 9.71. The van der Waals surface area contributed by atoms with Gasteiger partial charge in [-0.2, -0.15) is 13.2 Å². The fourth-order valence-electron chi connectivity index (χ4n) is 1.74. The SMILES string of the molecule is CC(=O)c1sc(-c2ccccc2C(F)(F)F)nc1C(=O)O. The summed E-state index contributed by atoms with van der Waals surface area (Å²) in [6, 6.07) is 4.69. The van der Waals surface area contributed by atoms with E-state index in [1.54, 1.807) is 0 Å². The van der Waals surface area contributed by atoms with Crippen molar-refractivity contribution in [1.29, 1.82) is 0 Å². The van der Waals surface area contributed by atoms with Crippen molar-refractivity contribution in [3.05, 3.63) is 40.4 Å². The first-order valence-corrected chi connectivity index (χ1v) is 6.45. The van der Waals surface area contributed by atoms with Gasteiger partial charge in [-0.15, -0.1) is 11.3 Å². The van der Waals surface area contributed by atoms with Gasteiger partial charge in [0.25, 0.3) is 0 Å². The maximum Gasteiger partial charge on any atom is 0.417 e. The highest BCUT2D eigenvalue weighted by molar-refractivity contribution is 7.17. The summed E-state index contributed by atoms with van der Waals surface area (Å²) in [6.07, 6.45) is -4.60. The van der Waals surface area contributed by atoms with Crippen LogP contribution < -0.4 is 0 Å². The second kappa shape index (κ2) is 5.28. The largest absolute Gasteiger partial charge is 0.476 e. The Kier molecular flexibility index (Phi) is 3.82. The summed E-state index contributed by atoms with van der Waals surface area (Å²) < 4.78 is 38.9. The van der Waals surface area contributed by atoms with E-state index in [0.717, 1.165) is 13.0 Å². The van der Waals surface area contributed by atoms with Crippen LogP contribution in [0.15, 0.2) is 24.3 Å². The molecule has 0 saturated heterocycles. The van der Waals surface area contributed by atoms with Crippen LogP contribution in [0.3, 0.4) is 0 Å². The summed E-state index contributed by atoms with van der Waals surface area (Å²) in [5, 5.41) is 8.83. The minimum atomic E-state index is -4.60. The average molecular weight is 315 g/mol. The number of hydrogen-bond acceptors (Lipinski definition) is 4. The lowest BCUT2D eigenvalue weighted by molar-refractivity contribution is -0.137. The average Bonchev–Trinajstić information content (AvgIpc) is 2.83. The predicted octanol–water partition coefficient (Wildman–Crippen LogP) is 3.73. The third-order valence-electron chi connectivity index (χ3n) is 2.61. The Bertz CT molecular complexity index is 690. The van der Waals surface area contributed by atoms with Crippen LogP contribution in [-0.2, 0) is 6.18 Å². The number of benzene rings is 1. The standard InChI is InChI=1S/C13H8F3NO3S/c1-6(18)10-9(12(19)20)17-11(21-10)7-4-2-3-5-8(7)13(14,15)16/h2-5H,1H3,(H,19,20). The third kappa shape index (κ3) is 2.94. The zero-order valence-corrected chi connectivity index (χ0v) is 11.4. The highest BCUT2D eigenvalue weighted by atomic mass is 32.1. The van der Waals surface area contributed by atoms with Gasteiger partial charge in [-0.25, -0.2) is 9.78 Å². The van der Waals surface area contributed by atoms with Gasteiger partial charge in [-0.3, -0.25) is 4.79 Å². The number of carbonyl (C=O) groups is 2. The van der Waals surface area contributed by atoms with Crippen molar-refractivity contribution in [2.24, 2.45) is 0 Å². The van der Waals surface area contributed by atoms with Crippen LogP contribution in [0.5, 0.6) is 0 Å². The molecule has 0 aliphatic rings. The Balaban J connectivity index is 2.67. The van der Waals surface area contributed by atoms with Crippen LogP contribution in [-0.4, -0.2) is 21.8 Å². The number of ketones is 1. The number of rotatable bonds is 3. The second-order valence-corrected chi connectivity index (χ2v) is 5.10. The molecule has 0 unspecified atom stereocenters. The van der Waals surface area contributed by atoms with Gasteiger partial charge in [0.2, 0.25) is 0 Å². The Hall–Kier alpha value is -2.22. The Morgan fingerprint density at radius 3 is 2.33 bits per heavy atom. The van der Waals surface area contributed by atoms with E-state index in [-0.39, 0.29) is 15.4 Å². The maximum absolute atomic E-state index is 13.0. The van der Waals surface area contributed by atoms with E-state index >= 15 is 0 Å². The number of alkyl halides is 3. The fourth-order valence-corrected chi connectivity index (χ4v) is 2.73. The van der Waals surface area contributed by atoms with E-state index in [2.05, 4.69) is 4.98 Å². The lowest BCUT2D eigenvalue weighted by atomic mass is 10.1. The molecule has 1 N–H and O–H groups in total. The van der Waals surface area contributed by atoms with Gasteiger partial charge in [0.1, 0.15) is 9.88 Å². The smallest absolute Gasteiger partial charge is 0.417 e. The molecule has 0 bridgehead atoms. The van der Waals surface area contributed by atoms with Crippen molar-refractivity contribution in [2.45, 2.75) is 13.1 Å². The van der Waals surface area contributed by atoms with Gasteiger partial charge in [-0.05, 0) is 6.07 Å². The molecule has 2 aromatic rings. The monoisotopic (exact) mass is 315 g/mol. The highest BCUT2D eigenvalue weighted by Crippen LogP contribution is 2.39. The molecule has 0 fully saturated rings. The molecule has 0 amide bonds. The molecular formula is C13H8F3NO3S. The van der Waals surface area contributed by atoms with Crippen molar-refractivity contribution < 1.29 is 27.9 Å². The molecule has 1 aromatic carbocycles. The Labute approximate surface area is 120 Å². The number of thiazole rings is 1. The van der Waals surface area contributed by atoms with Crippen LogP contribution >= 0.6 is 11.3 Å². The zero-order valence-electron chi connectivity index (χ0n) is 10.6. The van der Waals surface area contributed by atoms with Crippen molar-refractivity contribution in [1.82, 2.24) is 4.98 Å². The van der Waals surface area contributed by atoms with Crippen molar-refractivity contribution in [3.8, 4) is 10.6 Å². The van der Waals surface area contributed by atoms with Gasteiger partial charge in [0, 0.05) is 12.5 Å². The van der Waals surface area contributed by atoms with Gasteiger partial charge in [-0.1, -0.05) is 18.2 Å². The summed E-state index contributed by atoms with van der Waals surface area (Å²) in [5.74, 6) is -2.01. The van der Waals surface area contributed by atoms with E-state index < -0.39 is 29.2 Å². The van der Waals surface area contributed by atoms with E-state index in [1.807, 2.05) is 0 Å². The molecule has 1 heterocycles. The van der Waals surface area contributed by atoms with Crippen LogP contribution in [0.1, 0.15) is 32.6 Å². The number of Topliss-reactive ketones (excluding diaryl/α,β-unsaturated/α-hetero) is 1. The van der Waals surface area contributed by atoms with Gasteiger partial charge in [0.15, 0.2) is 11.5 Å². The molecule has 4 nitrogen and oxygen atoms in total.